The van der Waals surface area contributed by atoms with Crippen molar-refractivity contribution in [2.24, 2.45) is 5.92 Å². The monoisotopic (exact) mass is 258 g/mol. The van der Waals surface area contributed by atoms with Gasteiger partial charge in [-0.2, -0.15) is 5.26 Å². The Bertz CT molecular complexity index is 455. The van der Waals surface area contributed by atoms with Gasteiger partial charge in [-0.15, -0.1) is 0 Å². The summed E-state index contributed by atoms with van der Waals surface area (Å²) in [5.41, 5.74) is 2.02. The van der Waals surface area contributed by atoms with Gasteiger partial charge >= 0.3 is 0 Å². The van der Waals surface area contributed by atoms with E-state index in [1.165, 1.54) is 0 Å². The maximum Gasteiger partial charge on any atom is 0.226 e. The first-order valence-corrected chi connectivity index (χ1v) is 6.77. The van der Waals surface area contributed by atoms with Gasteiger partial charge in [0.05, 0.1) is 6.07 Å². The number of benzene rings is 1. The fourth-order valence-corrected chi connectivity index (χ4v) is 2.19. The van der Waals surface area contributed by atoms with E-state index in [2.05, 4.69) is 6.07 Å². The quantitative estimate of drug-likeness (QED) is 0.812. The predicted octanol–water partition coefficient (Wildman–Crippen LogP) is 3.45. The van der Waals surface area contributed by atoms with Crippen LogP contribution in [0.5, 0.6) is 0 Å². The zero-order valence-electron chi connectivity index (χ0n) is 12.2. The molecule has 0 aliphatic carbocycles. The molecule has 0 radical (unpaired) electrons. The highest BCUT2D eigenvalue weighted by Crippen LogP contribution is 2.22. The van der Waals surface area contributed by atoms with Gasteiger partial charge in [-0.25, -0.2) is 0 Å². The highest BCUT2D eigenvalue weighted by Gasteiger charge is 2.25. The second-order valence-electron chi connectivity index (χ2n) is 4.90. The van der Waals surface area contributed by atoms with Crippen LogP contribution in [0.1, 0.15) is 43.9 Å². The highest BCUT2D eigenvalue weighted by atomic mass is 16.2. The molecule has 1 amide bonds. The maximum atomic E-state index is 12.3. The largest absolute Gasteiger partial charge is 0.326 e. The molecule has 102 valence electrons. The lowest BCUT2D eigenvalue weighted by molar-refractivity contribution is -0.135. The third-order valence-electron chi connectivity index (χ3n) is 3.59. The Balaban J connectivity index is 2.94. The zero-order chi connectivity index (χ0) is 14.4. The normalized spacial score (nSPS) is 12.0. The number of aryl methyl sites for hydroxylation is 1. The number of nitrogens with zero attached hydrogens (tertiary/aromatic N) is 2. The smallest absolute Gasteiger partial charge is 0.226 e. The second kappa shape index (κ2) is 6.94. The average Bonchev–Trinajstić information content (AvgIpc) is 2.42. The van der Waals surface area contributed by atoms with Gasteiger partial charge in [-0.05, 0) is 25.3 Å². The summed E-state index contributed by atoms with van der Waals surface area (Å²) in [7, 11) is 1.72. The Morgan fingerprint density at radius 1 is 1.26 bits per heavy atom. The van der Waals surface area contributed by atoms with E-state index in [0.717, 1.165) is 24.0 Å². The van der Waals surface area contributed by atoms with E-state index in [-0.39, 0.29) is 11.8 Å². The van der Waals surface area contributed by atoms with Gasteiger partial charge in [0.1, 0.15) is 6.04 Å². The van der Waals surface area contributed by atoms with Crippen molar-refractivity contribution in [1.82, 2.24) is 4.90 Å². The summed E-state index contributed by atoms with van der Waals surface area (Å²) in [6.07, 6.45) is 1.62. The van der Waals surface area contributed by atoms with Crippen LogP contribution in [-0.2, 0) is 4.79 Å². The van der Waals surface area contributed by atoms with Crippen LogP contribution in [0, 0.1) is 24.2 Å². The molecular formula is C16H22N2O. The second-order valence-corrected chi connectivity index (χ2v) is 4.90. The molecule has 0 heterocycles. The van der Waals surface area contributed by atoms with E-state index in [4.69, 9.17) is 0 Å². The molecule has 0 saturated carbocycles. The van der Waals surface area contributed by atoms with Crippen LogP contribution in [0.15, 0.2) is 24.3 Å². The fraction of sp³-hybridized carbons (Fsp3) is 0.500. The van der Waals surface area contributed by atoms with Crippen LogP contribution >= 0.6 is 0 Å². The van der Waals surface area contributed by atoms with E-state index in [9.17, 15) is 10.1 Å². The fourth-order valence-electron chi connectivity index (χ4n) is 2.19. The zero-order valence-corrected chi connectivity index (χ0v) is 12.2. The lowest BCUT2D eigenvalue weighted by Crippen LogP contribution is -2.35. The third kappa shape index (κ3) is 3.57. The van der Waals surface area contributed by atoms with Gasteiger partial charge in [-0.1, -0.05) is 43.7 Å². The summed E-state index contributed by atoms with van der Waals surface area (Å²) >= 11 is 0. The first-order valence-electron chi connectivity index (χ1n) is 6.77. The molecule has 0 N–H and O–H groups in total. The Morgan fingerprint density at radius 3 is 2.21 bits per heavy atom. The van der Waals surface area contributed by atoms with Gasteiger partial charge in [0.25, 0.3) is 0 Å². The molecule has 1 aromatic rings. The lowest BCUT2D eigenvalue weighted by atomic mass is 9.99. The molecule has 1 rings (SSSR count). The molecule has 3 heteroatoms. The minimum Gasteiger partial charge on any atom is -0.326 e. The Morgan fingerprint density at radius 2 is 1.79 bits per heavy atom. The van der Waals surface area contributed by atoms with Crippen LogP contribution in [0.2, 0.25) is 0 Å². The Kier molecular flexibility index (Phi) is 5.57. The van der Waals surface area contributed by atoms with E-state index >= 15 is 0 Å². The highest BCUT2D eigenvalue weighted by molar-refractivity contribution is 5.79. The minimum absolute atomic E-state index is 0.00583. The number of amides is 1. The molecule has 0 aliphatic heterocycles. The molecule has 0 aromatic heterocycles. The third-order valence-corrected chi connectivity index (χ3v) is 3.59. The van der Waals surface area contributed by atoms with Crippen LogP contribution in [0.25, 0.3) is 0 Å². The van der Waals surface area contributed by atoms with Crippen molar-refractivity contribution in [3.8, 4) is 6.07 Å². The van der Waals surface area contributed by atoms with E-state index in [1.807, 2.05) is 45.0 Å². The first kappa shape index (κ1) is 15.2. The van der Waals surface area contributed by atoms with Crippen molar-refractivity contribution in [2.75, 3.05) is 7.05 Å². The summed E-state index contributed by atoms with van der Waals surface area (Å²) in [6.45, 7) is 6.02. The van der Waals surface area contributed by atoms with Crippen LogP contribution in [0.4, 0.5) is 0 Å². The Labute approximate surface area is 115 Å². The number of carbonyl (C=O) groups excluding carboxylic acids is 1. The number of carbonyl (C=O) groups is 1. The van der Waals surface area contributed by atoms with Crippen molar-refractivity contribution in [3.05, 3.63) is 35.4 Å². The molecule has 0 fully saturated rings. The molecule has 1 aromatic carbocycles. The summed E-state index contributed by atoms with van der Waals surface area (Å²) in [6, 6.07) is 9.49. The molecule has 0 saturated heterocycles. The van der Waals surface area contributed by atoms with Crippen molar-refractivity contribution >= 4 is 5.91 Å². The van der Waals surface area contributed by atoms with Crippen molar-refractivity contribution in [1.29, 1.82) is 5.26 Å². The average molecular weight is 258 g/mol. The summed E-state index contributed by atoms with van der Waals surface area (Å²) < 4.78 is 0. The number of nitriles is 1. The molecule has 0 bridgehead atoms. The summed E-state index contributed by atoms with van der Waals surface area (Å²) in [4.78, 5) is 13.9. The molecule has 0 spiro atoms. The van der Waals surface area contributed by atoms with Crippen molar-refractivity contribution in [2.45, 2.75) is 39.7 Å². The molecular weight excluding hydrogens is 236 g/mol. The maximum absolute atomic E-state index is 12.3. The van der Waals surface area contributed by atoms with Crippen LogP contribution in [-0.4, -0.2) is 17.9 Å². The number of hydrogen-bond donors (Lipinski definition) is 0. The molecule has 19 heavy (non-hydrogen) atoms. The molecule has 1 unspecified atom stereocenters. The molecule has 3 nitrogen and oxygen atoms in total. The number of hydrogen-bond acceptors (Lipinski definition) is 2. The van der Waals surface area contributed by atoms with E-state index < -0.39 is 6.04 Å². The van der Waals surface area contributed by atoms with Gasteiger partial charge in [0, 0.05) is 13.0 Å². The topological polar surface area (TPSA) is 44.1 Å². The van der Waals surface area contributed by atoms with Crippen LogP contribution < -0.4 is 0 Å². The van der Waals surface area contributed by atoms with Crippen molar-refractivity contribution < 1.29 is 4.79 Å². The first-order chi connectivity index (χ1) is 9.04. The SMILES string of the molecule is CCC(CC)C(=O)N(C)C(C#N)c1ccc(C)cc1. The van der Waals surface area contributed by atoms with Gasteiger partial charge in [0.2, 0.25) is 5.91 Å². The predicted molar refractivity (Wildman–Crippen MR) is 76.4 cm³/mol. The van der Waals surface area contributed by atoms with Crippen LogP contribution in [0.3, 0.4) is 0 Å². The summed E-state index contributed by atoms with van der Waals surface area (Å²) in [5.74, 6) is 0.0587. The van der Waals surface area contributed by atoms with Gasteiger partial charge in [0.15, 0.2) is 0 Å². The molecule has 0 aliphatic rings. The van der Waals surface area contributed by atoms with Gasteiger partial charge < -0.3 is 4.90 Å². The van der Waals surface area contributed by atoms with E-state index in [0.29, 0.717) is 0 Å². The molecule has 1 atom stereocenters. The Hall–Kier alpha value is -1.82. The lowest BCUT2D eigenvalue weighted by Gasteiger charge is -2.26. The standard InChI is InChI=1S/C16H22N2O/c1-5-13(6-2)16(19)18(4)15(11-17)14-9-7-12(3)8-10-14/h7-10,13,15H,5-6H2,1-4H3. The van der Waals surface area contributed by atoms with E-state index in [1.54, 1.807) is 11.9 Å². The summed E-state index contributed by atoms with van der Waals surface area (Å²) in [5, 5.41) is 9.35. The minimum atomic E-state index is -0.506. The van der Waals surface area contributed by atoms with Crippen molar-refractivity contribution in [3.63, 3.8) is 0 Å². The van der Waals surface area contributed by atoms with Gasteiger partial charge in [-0.3, -0.25) is 4.79 Å². The number of rotatable bonds is 5.